The second kappa shape index (κ2) is 6.18. The Labute approximate surface area is 107 Å². The minimum absolute atomic E-state index is 0.00819. The summed E-state index contributed by atoms with van der Waals surface area (Å²) < 4.78 is 16.4. The number of aliphatic hydroxyl groups is 1. The van der Waals surface area contributed by atoms with Crippen LogP contribution in [0.25, 0.3) is 0 Å². The minimum atomic E-state index is -0.389. The number of hydrogen-bond donors (Lipinski definition) is 1. The first kappa shape index (κ1) is 13.3. The molecule has 0 spiro atoms. The van der Waals surface area contributed by atoms with Crippen LogP contribution in [0, 0.1) is 0 Å². The minimum Gasteiger partial charge on any atom is -0.497 e. The average molecular weight is 252 g/mol. The van der Waals surface area contributed by atoms with Crippen LogP contribution in [0.3, 0.4) is 0 Å². The fourth-order valence-corrected chi connectivity index (χ4v) is 2.10. The smallest absolute Gasteiger partial charge is 0.119 e. The Balaban J connectivity index is 1.84. The van der Waals surface area contributed by atoms with Crippen molar-refractivity contribution in [3.63, 3.8) is 0 Å². The Bertz CT molecular complexity index is 380. The zero-order valence-corrected chi connectivity index (χ0v) is 10.8. The van der Waals surface area contributed by atoms with E-state index in [-0.39, 0.29) is 18.3 Å². The van der Waals surface area contributed by atoms with Gasteiger partial charge < -0.3 is 19.3 Å². The molecule has 1 aromatic rings. The maximum atomic E-state index is 9.56. The molecule has 18 heavy (non-hydrogen) atoms. The van der Waals surface area contributed by atoms with E-state index in [1.807, 2.05) is 31.2 Å². The van der Waals surface area contributed by atoms with Crippen molar-refractivity contribution in [3.05, 3.63) is 29.8 Å². The van der Waals surface area contributed by atoms with Gasteiger partial charge in [-0.25, -0.2) is 0 Å². The standard InChI is InChI=1S/C14H20O4/c1-3-17-14-12(15)8-13(14)18-9-10-5-4-6-11(7-10)16-2/h4-7,12-15H,3,8-9H2,1-2H3. The van der Waals surface area contributed by atoms with Gasteiger partial charge >= 0.3 is 0 Å². The van der Waals surface area contributed by atoms with E-state index in [9.17, 15) is 5.11 Å². The molecule has 1 aliphatic rings. The Kier molecular flexibility index (Phi) is 4.58. The van der Waals surface area contributed by atoms with Gasteiger partial charge in [-0.1, -0.05) is 12.1 Å². The topological polar surface area (TPSA) is 47.9 Å². The molecule has 3 unspecified atom stereocenters. The van der Waals surface area contributed by atoms with Crippen molar-refractivity contribution in [2.24, 2.45) is 0 Å². The number of benzene rings is 1. The lowest BCUT2D eigenvalue weighted by Gasteiger charge is -2.40. The number of hydrogen-bond acceptors (Lipinski definition) is 4. The van der Waals surface area contributed by atoms with Gasteiger partial charge in [0.05, 0.1) is 25.9 Å². The van der Waals surface area contributed by atoms with Gasteiger partial charge in [-0.3, -0.25) is 0 Å². The second-order valence-electron chi connectivity index (χ2n) is 4.42. The molecule has 1 fully saturated rings. The number of rotatable bonds is 6. The molecule has 2 rings (SSSR count). The lowest BCUT2D eigenvalue weighted by molar-refractivity contribution is -0.194. The van der Waals surface area contributed by atoms with Crippen LogP contribution in [-0.2, 0) is 16.1 Å². The third-order valence-corrected chi connectivity index (χ3v) is 3.18. The Morgan fingerprint density at radius 1 is 1.33 bits per heavy atom. The molecule has 0 aromatic heterocycles. The molecule has 4 nitrogen and oxygen atoms in total. The normalized spacial score (nSPS) is 26.7. The first-order valence-corrected chi connectivity index (χ1v) is 6.28. The van der Waals surface area contributed by atoms with Crippen LogP contribution in [0.2, 0.25) is 0 Å². The van der Waals surface area contributed by atoms with Gasteiger partial charge in [0.25, 0.3) is 0 Å². The molecule has 0 saturated heterocycles. The molecule has 0 bridgehead atoms. The second-order valence-corrected chi connectivity index (χ2v) is 4.42. The van der Waals surface area contributed by atoms with Crippen molar-refractivity contribution in [2.75, 3.05) is 13.7 Å². The van der Waals surface area contributed by atoms with E-state index < -0.39 is 0 Å². The Morgan fingerprint density at radius 2 is 2.17 bits per heavy atom. The van der Waals surface area contributed by atoms with Crippen molar-refractivity contribution in [2.45, 2.75) is 38.3 Å². The Morgan fingerprint density at radius 3 is 2.83 bits per heavy atom. The van der Waals surface area contributed by atoms with E-state index in [4.69, 9.17) is 14.2 Å². The molecule has 0 aliphatic heterocycles. The highest BCUT2D eigenvalue weighted by atomic mass is 16.6. The van der Waals surface area contributed by atoms with Crippen LogP contribution >= 0.6 is 0 Å². The van der Waals surface area contributed by atoms with E-state index in [1.54, 1.807) is 7.11 Å². The number of aliphatic hydroxyl groups excluding tert-OH is 1. The summed E-state index contributed by atoms with van der Waals surface area (Å²) in [6, 6.07) is 7.78. The van der Waals surface area contributed by atoms with Crippen LogP contribution in [0.4, 0.5) is 0 Å². The average Bonchev–Trinajstić information content (AvgIpc) is 2.41. The molecule has 1 saturated carbocycles. The molecule has 3 atom stereocenters. The van der Waals surface area contributed by atoms with Gasteiger partial charge in [-0.05, 0) is 24.6 Å². The van der Waals surface area contributed by atoms with E-state index in [1.165, 1.54) is 0 Å². The molecular weight excluding hydrogens is 232 g/mol. The Hall–Kier alpha value is -1.10. The monoisotopic (exact) mass is 252 g/mol. The maximum absolute atomic E-state index is 9.56. The summed E-state index contributed by atoms with van der Waals surface area (Å²) in [6.07, 6.45) is 0.0706. The summed E-state index contributed by atoms with van der Waals surface area (Å²) in [5, 5.41) is 9.56. The van der Waals surface area contributed by atoms with Gasteiger partial charge in [0, 0.05) is 13.0 Å². The summed E-state index contributed by atoms with van der Waals surface area (Å²) in [7, 11) is 1.65. The highest BCUT2D eigenvalue weighted by Gasteiger charge is 2.41. The summed E-state index contributed by atoms with van der Waals surface area (Å²) in [5.41, 5.74) is 1.06. The first-order chi connectivity index (χ1) is 8.74. The predicted molar refractivity (Wildman–Crippen MR) is 67.6 cm³/mol. The highest BCUT2D eigenvalue weighted by Crippen LogP contribution is 2.28. The molecule has 0 heterocycles. The zero-order valence-electron chi connectivity index (χ0n) is 10.8. The zero-order chi connectivity index (χ0) is 13.0. The molecule has 0 amide bonds. The van der Waals surface area contributed by atoms with Crippen LogP contribution in [0.5, 0.6) is 5.75 Å². The molecule has 1 aromatic carbocycles. The van der Waals surface area contributed by atoms with E-state index in [2.05, 4.69) is 0 Å². The lowest BCUT2D eigenvalue weighted by atomic mass is 9.88. The SMILES string of the molecule is CCOC1C(O)CC1OCc1cccc(OC)c1. The molecule has 4 heteroatoms. The van der Waals surface area contributed by atoms with Gasteiger partial charge in [0.1, 0.15) is 11.9 Å². The van der Waals surface area contributed by atoms with Crippen molar-refractivity contribution in [3.8, 4) is 5.75 Å². The van der Waals surface area contributed by atoms with Gasteiger partial charge in [-0.2, -0.15) is 0 Å². The van der Waals surface area contributed by atoms with Crippen molar-refractivity contribution in [1.29, 1.82) is 0 Å². The summed E-state index contributed by atoms with van der Waals surface area (Å²) >= 11 is 0. The third-order valence-electron chi connectivity index (χ3n) is 3.18. The van der Waals surface area contributed by atoms with E-state index >= 15 is 0 Å². The molecule has 100 valence electrons. The van der Waals surface area contributed by atoms with Crippen LogP contribution in [0.15, 0.2) is 24.3 Å². The van der Waals surface area contributed by atoms with Gasteiger partial charge in [0.15, 0.2) is 0 Å². The van der Waals surface area contributed by atoms with Crippen LogP contribution in [0.1, 0.15) is 18.9 Å². The summed E-state index contributed by atoms with van der Waals surface area (Å²) in [4.78, 5) is 0. The van der Waals surface area contributed by atoms with Gasteiger partial charge in [-0.15, -0.1) is 0 Å². The molecule has 1 N–H and O–H groups in total. The summed E-state index contributed by atoms with van der Waals surface area (Å²) in [6.45, 7) is 3.03. The number of methoxy groups -OCH3 is 1. The van der Waals surface area contributed by atoms with Crippen molar-refractivity contribution >= 4 is 0 Å². The fourth-order valence-electron chi connectivity index (χ4n) is 2.10. The number of ether oxygens (including phenoxy) is 3. The predicted octanol–water partition coefficient (Wildman–Crippen LogP) is 1.75. The lowest BCUT2D eigenvalue weighted by Crippen LogP contribution is -2.53. The summed E-state index contributed by atoms with van der Waals surface area (Å²) in [5.74, 6) is 0.825. The van der Waals surface area contributed by atoms with Crippen LogP contribution in [-0.4, -0.2) is 37.1 Å². The van der Waals surface area contributed by atoms with E-state index in [0.717, 1.165) is 11.3 Å². The molecule has 0 radical (unpaired) electrons. The van der Waals surface area contributed by atoms with Gasteiger partial charge in [0.2, 0.25) is 0 Å². The third kappa shape index (κ3) is 3.02. The molecule has 1 aliphatic carbocycles. The first-order valence-electron chi connectivity index (χ1n) is 6.28. The van der Waals surface area contributed by atoms with Crippen molar-refractivity contribution < 1.29 is 19.3 Å². The quantitative estimate of drug-likeness (QED) is 0.838. The highest BCUT2D eigenvalue weighted by molar-refractivity contribution is 5.27. The molecular formula is C14H20O4. The largest absolute Gasteiger partial charge is 0.497 e. The van der Waals surface area contributed by atoms with E-state index in [0.29, 0.717) is 19.6 Å². The van der Waals surface area contributed by atoms with Crippen LogP contribution < -0.4 is 4.74 Å². The maximum Gasteiger partial charge on any atom is 0.119 e. The fraction of sp³-hybridized carbons (Fsp3) is 0.571. The van der Waals surface area contributed by atoms with Crippen molar-refractivity contribution in [1.82, 2.24) is 0 Å².